The molecule has 32 heavy (non-hydrogen) atoms. The zero-order valence-corrected chi connectivity index (χ0v) is 20.6. The van der Waals surface area contributed by atoms with Crippen LogP contribution in [0.1, 0.15) is 33.1 Å². The number of ether oxygens (including phenoxy) is 2. The van der Waals surface area contributed by atoms with Gasteiger partial charge in [0.2, 0.25) is 6.79 Å². The Balaban J connectivity index is 1.43. The SMILES string of the molecule is CC(C)[C@@H]1C[C@@H](CCn2c(Sc3cc4c(cc3Br)OCO4)nc3c(N)ncnc32)CCN1. The number of piperidine rings is 1. The summed E-state index contributed by atoms with van der Waals surface area (Å²) < 4.78 is 14.2. The van der Waals surface area contributed by atoms with Crippen LogP contribution in [0.15, 0.2) is 33.0 Å². The quantitative estimate of drug-likeness (QED) is 0.493. The Bertz CT molecular complexity index is 1140. The Morgan fingerprint density at radius 1 is 1.28 bits per heavy atom. The molecule has 3 aromatic rings. The van der Waals surface area contributed by atoms with Crippen LogP contribution in [-0.2, 0) is 6.54 Å². The lowest BCUT2D eigenvalue weighted by atomic mass is 9.85. The largest absolute Gasteiger partial charge is 0.454 e. The number of nitrogens with one attached hydrogen (secondary N) is 1. The second-order valence-corrected chi connectivity index (χ2v) is 10.6. The highest BCUT2D eigenvalue weighted by Gasteiger charge is 2.25. The molecule has 3 N–H and O–H groups in total. The molecule has 5 rings (SSSR count). The van der Waals surface area contributed by atoms with Crippen LogP contribution in [-0.4, -0.2) is 38.9 Å². The molecule has 170 valence electrons. The third-order valence-corrected chi connectivity index (χ3v) is 8.24. The van der Waals surface area contributed by atoms with Crippen LogP contribution in [0.3, 0.4) is 0 Å². The molecule has 2 aromatic heterocycles. The van der Waals surface area contributed by atoms with Crippen molar-refractivity contribution >= 4 is 44.7 Å². The number of nitrogens with zero attached hydrogens (tertiary/aromatic N) is 4. The fourth-order valence-corrected chi connectivity index (χ4v) is 5.91. The first-order chi connectivity index (χ1) is 15.5. The predicted octanol–water partition coefficient (Wildman–Crippen LogP) is 4.47. The van der Waals surface area contributed by atoms with Gasteiger partial charge < -0.3 is 25.1 Å². The van der Waals surface area contributed by atoms with Gasteiger partial charge in [0, 0.05) is 22.0 Å². The van der Waals surface area contributed by atoms with Crippen molar-refractivity contribution in [1.29, 1.82) is 0 Å². The van der Waals surface area contributed by atoms with Gasteiger partial charge in [-0.2, -0.15) is 0 Å². The van der Waals surface area contributed by atoms with E-state index in [-0.39, 0.29) is 6.79 Å². The van der Waals surface area contributed by atoms with Crippen LogP contribution in [0.25, 0.3) is 11.2 Å². The lowest BCUT2D eigenvalue weighted by Gasteiger charge is -2.33. The number of aryl methyl sites for hydroxylation is 1. The summed E-state index contributed by atoms with van der Waals surface area (Å²) in [6.45, 7) is 6.75. The Labute approximate surface area is 199 Å². The van der Waals surface area contributed by atoms with Crippen molar-refractivity contribution in [2.24, 2.45) is 11.8 Å². The fourth-order valence-electron chi connectivity index (χ4n) is 4.40. The molecule has 0 spiro atoms. The van der Waals surface area contributed by atoms with Crippen molar-refractivity contribution in [1.82, 2.24) is 24.8 Å². The van der Waals surface area contributed by atoms with Crippen LogP contribution >= 0.6 is 27.7 Å². The highest BCUT2D eigenvalue weighted by Crippen LogP contribution is 2.43. The Kier molecular flexibility index (Phi) is 6.18. The van der Waals surface area contributed by atoms with E-state index in [1.807, 2.05) is 12.1 Å². The summed E-state index contributed by atoms with van der Waals surface area (Å²) >= 11 is 5.23. The number of benzene rings is 1. The number of fused-ring (bicyclic) bond motifs is 2. The van der Waals surface area contributed by atoms with E-state index in [0.717, 1.165) is 51.2 Å². The monoisotopic (exact) mass is 518 g/mol. The first kappa shape index (κ1) is 21.8. The van der Waals surface area contributed by atoms with Gasteiger partial charge >= 0.3 is 0 Å². The molecule has 4 heterocycles. The minimum Gasteiger partial charge on any atom is -0.454 e. The standard InChI is InChI=1S/C22H27BrN6O2S/c1-12(2)15-7-13(3-5-25-15)4-6-29-21-19(20(24)26-10-27-21)28-22(29)32-18-9-17-16(8-14(18)23)30-11-31-17/h8-10,12-13,15,25H,3-7,11H2,1-2H3,(H2,24,26,27)/t13-,15+/m1/s1. The van der Waals surface area contributed by atoms with E-state index < -0.39 is 0 Å². The van der Waals surface area contributed by atoms with Gasteiger partial charge in [-0.1, -0.05) is 25.6 Å². The smallest absolute Gasteiger partial charge is 0.231 e. The van der Waals surface area contributed by atoms with Gasteiger partial charge in [-0.05, 0) is 65.7 Å². The molecular formula is C22H27BrN6O2S. The fraction of sp³-hybridized carbons (Fsp3) is 0.500. The zero-order chi connectivity index (χ0) is 22.2. The molecule has 10 heteroatoms. The van der Waals surface area contributed by atoms with Crippen molar-refractivity contribution < 1.29 is 9.47 Å². The molecule has 2 aliphatic rings. The van der Waals surface area contributed by atoms with E-state index in [0.29, 0.717) is 29.2 Å². The summed E-state index contributed by atoms with van der Waals surface area (Å²) in [5.74, 6) is 3.22. The number of anilines is 1. The molecule has 2 atom stereocenters. The van der Waals surface area contributed by atoms with E-state index in [1.54, 1.807) is 11.8 Å². The molecule has 1 aromatic carbocycles. The van der Waals surface area contributed by atoms with Gasteiger partial charge in [-0.15, -0.1) is 0 Å². The van der Waals surface area contributed by atoms with Gasteiger partial charge in [0.15, 0.2) is 33.6 Å². The van der Waals surface area contributed by atoms with Crippen LogP contribution in [0, 0.1) is 11.8 Å². The summed E-state index contributed by atoms with van der Waals surface area (Å²) in [7, 11) is 0. The number of halogens is 1. The molecule has 1 saturated heterocycles. The maximum atomic E-state index is 6.14. The van der Waals surface area contributed by atoms with Gasteiger partial charge in [0.05, 0.1) is 0 Å². The van der Waals surface area contributed by atoms with Crippen LogP contribution in [0.4, 0.5) is 5.82 Å². The first-order valence-corrected chi connectivity index (χ1v) is 12.6. The van der Waals surface area contributed by atoms with Crippen molar-refractivity contribution in [2.45, 2.75) is 55.7 Å². The van der Waals surface area contributed by atoms with Gasteiger partial charge in [0.25, 0.3) is 0 Å². The molecule has 0 aliphatic carbocycles. The Hall–Kier alpha value is -2.04. The summed E-state index contributed by atoms with van der Waals surface area (Å²) in [5, 5.41) is 4.51. The van der Waals surface area contributed by atoms with E-state index >= 15 is 0 Å². The average molecular weight is 519 g/mol. The summed E-state index contributed by atoms with van der Waals surface area (Å²) in [4.78, 5) is 14.5. The van der Waals surface area contributed by atoms with Gasteiger partial charge in [0.1, 0.15) is 6.33 Å². The summed E-state index contributed by atoms with van der Waals surface area (Å²) in [6, 6.07) is 4.51. The van der Waals surface area contributed by atoms with E-state index in [2.05, 4.69) is 49.6 Å². The molecule has 0 unspecified atom stereocenters. The molecule has 2 aliphatic heterocycles. The number of hydrogen-bond donors (Lipinski definition) is 2. The minimum absolute atomic E-state index is 0.244. The second kappa shape index (κ2) is 9.07. The maximum Gasteiger partial charge on any atom is 0.231 e. The third kappa shape index (κ3) is 4.27. The van der Waals surface area contributed by atoms with E-state index in [9.17, 15) is 0 Å². The van der Waals surface area contributed by atoms with Crippen LogP contribution < -0.4 is 20.5 Å². The molecular weight excluding hydrogens is 492 g/mol. The number of nitrogens with two attached hydrogens (primary N) is 1. The second-order valence-electron chi connectivity index (χ2n) is 8.70. The molecule has 8 nitrogen and oxygen atoms in total. The van der Waals surface area contributed by atoms with Gasteiger partial charge in [-0.25, -0.2) is 15.0 Å². The van der Waals surface area contributed by atoms with Crippen LogP contribution in [0.5, 0.6) is 11.5 Å². The number of nitrogen functional groups attached to an aromatic ring is 1. The normalized spacial score (nSPS) is 20.4. The van der Waals surface area contributed by atoms with E-state index in [1.165, 1.54) is 19.2 Å². The molecule has 0 amide bonds. The van der Waals surface area contributed by atoms with Crippen molar-refractivity contribution in [3.8, 4) is 11.5 Å². The van der Waals surface area contributed by atoms with Gasteiger partial charge in [-0.3, -0.25) is 0 Å². The zero-order valence-electron chi connectivity index (χ0n) is 18.2. The molecule has 0 radical (unpaired) electrons. The van der Waals surface area contributed by atoms with Crippen molar-refractivity contribution in [3.05, 3.63) is 22.9 Å². The lowest BCUT2D eigenvalue weighted by molar-refractivity contribution is 0.174. The number of rotatable bonds is 6. The predicted molar refractivity (Wildman–Crippen MR) is 128 cm³/mol. The summed E-state index contributed by atoms with van der Waals surface area (Å²) in [6.07, 6.45) is 5.00. The van der Waals surface area contributed by atoms with Crippen LogP contribution in [0.2, 0.25) is 0 Å². The molecule has 0 bridgehead atoms. The topological polar surface area (TPSA) is 100 Å². The Morgan fingerprint density at radius 3 is 2.91 bits per heavy atom. The third-order valence-electron chi connectivity index (χ3n) is 6.27. The number of aromatic nitrogens is 4. The highest BCUT2D eigenvalue weighted by atomic mass is 79.9. The number of imidazole rings is 1. The first-order valence-electron chi connectivity index (χ1n) is 11.0. The summed E-state index contributed by atoms with van der Waals surface area (Å²) in [5.41, 5.74) is 7.57. The Morgan fingerprint density at radius 2 is 2.09 bits per heavy atom. The molecule has 1 fully saturated rings. The lowest BCUT2D eigenvalue weighted by Crippen LogP contribution is -2.41. The van der Waals surface area contributed by atoms with Crippen molar-refractivity contribution in [2.75, 3.05) is 19.1 Å². The minimum atomic E-state index is 0.244. The number of hydrogen-bond acceptors (Lipinski definition) is 8. The van der Waals surface area contributed by atoms with Crippen molar-refractivity contribution in [3.63, 3.8) is 0 Å². The maximum absolute atomic E-state index is 6.14. The average Bonchev–Trinajstić information content (AvgIpc) is 3.37. The van der Waals surface area contributed by atoms with E-state index in [4.69, 9.17) is 20.2 Å². The molecule has 0 saturated carbocycles. The highest BCUT2D eigenvalue weighted by molar-refractivity contribution is 9.10.